The van der Waals surface area contributed by atoms with Gasteiger partial charge in [0.2, 0.25) is 0 Å². The summed E-state index contributed by atoms with van der Waals surface area (Å²) in [6.07, 6.45) is 5.61. The van der Waals surface area contributed by atoms with Crippen LogP contribution in [0.1, 0.15) is 44.6 Å². The van der Waals surface area contributed by atoms with Crippen LogP contribution in [0.15, 0.2) is 42.6 Å². The van der Waals surface area contributed by atoms with Crippen LogP contribution in [0.25, 0.3) is 11.0 Å². The molecule has 1 unspecified atom stereocenters. The van der Waals surface area contributed by atoms with Crippen molar-refractivity contribution in [3.63, 3.8) is 0 Å². The van der Waals surface area contributed by atoms with E-state index in [4.69, 9.17) is 9.72 Å². The van der Waals surface area contributed by atoms with Gasteiger partial charge in [-0.2, -0.15) is 0 Å². The summed E-state index contributed by atoms with van der Waals surface area (Å²) in [5.74, 6) is 1.04. The average molecular weight is 364 g/mol. The molecule has 142 valence electrons. The van der Waals surface area contributed by atoms with E-state index < -0.39 is 0 Å². The van der Waals surface area contributed by atoms with Crippen molar-refractivity contribution >= 4 is 16.7 Å². The zero-order chi connectivity index (χ0) is 18.9. The first-order valence-corrected chi connectivity index (χ1v) is 9.81. The minimum atomic E-state index is -0.297. The number of benzene rings is 1. The maximum absolute atomic E-state index is 6.04. The first-order valence-electron chi connectivity index (χ1n) is 9.81. The number of rotatable bonds is 5. The Hall–Kier alpha value is -2.40. The van der Waals surface area contributed by atoms with Crippen molar-refractivity contribution in [2.75, 3.05) is 19.0 Å². The van der Waals surface area contributed by atoms with E-state index in [1.807, 2.05) is 25.4 Å². The van der Waals surface area contributed by atoms with Crippen LogP contribution < -0.4 is 5.32 Å². The topological polar surface area (TPSA) is 52.0 Å². The number of nitrogens with zero attached hydrogens (tertiary/aromatic N) is 3. The van der Waals surface area contributed by atoms with Crippen molar-refractivity contribution < 1.29 is 4.74 Å². The largest absolute Gasteiger partial charge is 0.388 e. The molecular weight excluding hydrogens is 336 g/mol. The predicted octanol–water partition coefficient (Wildman–Crippen LogP) is 4.37. The van der Waals surface area contributed by atoms with Crippen LogP contribution in [-0.2, 0) is 16.7 Å². The molecule has 27 heavy (non-hydrogen) atoms. The minimum absolute atomic E-state index is 0.249. The van der Waals surface area contributed by atoms with Crippen molar-refractivity contribution in [1.82, 2.24) is 14.5 Å². The van der Waals surface area contributed by atoms with Crippen molar-refractivity contribution in [1.29, 1.82) is 0 Å². The molecule has 0 spiro atoms. The maximum Gasteiger partial charge on any atom is 0.121 e. The summed E-state index contributed by atoms with van der Waals surface area (Å²) in [5.41, 5.74) is 3.97. The molecule has 5 heteroatoms. The second-order valence-corrected chi connectivity index (χ2v) is 7.83. The van der Waals surface area contributed by atoms with Crippen LogP contribution in [0.4, 0.5) is 5.69 Å². The molecule has 2 aromatic heterocycles. The van der Waals surface area contributed by atoms with Gasteiger partial charge in [-0.15, -0.1) is 0 Å². The second-order valence-electron chi connectivity index (χ2n) is 7.83. The summed E-state index contributed by atoms with van der Waals surface area (Å²) in [4.78, 5) is 9.68. The van der Waals surface area contributed by atoms with E-state index in [-0.39, 0.29) is 11.5 Å². The molecule has 0 aliphatic carbocycles. The summed E-state index contributed by atoms with van der Waals surface area (Å²) in [5, 5.41) is 3.21. The quantitative estimate of drug-likeness (QED) is 0.730. The molecule has 3 heterocycles. The summed E-state index contributed by atoms with van der Waals surface area (Å²) in [6.45, 7) is 6.10. The van der Waals surface area contributed by atoms with Crippen LogP contribution in [0.2, 0.25) is 0 Å². The fourth-order valence-corrected chi connectivity index (χ4v) is 3.95. The Bertz CT molecular complexity index is 911. The smallest absolute Gasteiger partial charge is 0.121 e. The fourth-order valence-electron chi connectivity index (χ4n) is 3.95. The van der Waals surface area contributed by atoms with Gasteiger partial charge in [0.05, 0.1) is 34.8 Å². The number of anilines is 1. The molecule has 1 aromatic carbocycles. The van der Waals surface area contributed by atoms with Gasteiger partial charge in [-0.1, -0.05) is 6.07 Å². The van der Waals surface area contributed by atoms with Gasteiger partial charge in [0.25, 0.3) is 0 Å². The van der Waals surface area contributed by atoms with E-state index >= 15 is 0 Å². The van der Waals surface area contributed by atoms with Crippen molar-refractivity contribution in [3.05, 3.63) is 54.1 Å². The molecule has 1 aliphatic rings. The number of fused-ring (bicyclic) bond motifs is 1. The number of pyridine rings is 1. The monoisotopic (exact) mass is 364 g/mol. The van der Waals surface area contributed by atoms with Crippen molar-refractivity contribution in [2.24, 2.45) is 0 Å². The first-order chi connectivity index (χ1) is 13.1. The van der Waals surface area contributed by atoms with Crippen molar-refractivity contribution in [3.8, 4) is 0 Å². The highest BCUT2D eigenvalue weighted by Crippen LogP contribution is 2.33. The van der Waals surface area contributed by atoms with Gasteiger partial charge in [-0.3, -0.25) is 4.98 Å². The van der Waals surface area contributed by atoms with Crippen molar-refractivity contribution in [2.45, 2.75) is 51.2 Å². The van der Waals surface area contributed by atoms with E-state index in [0.717, 1.165) is 47.8 Å². The molecule has 1 fully saturated rings. The summed E-state index contributed by atoms with van der Waals surface area (Å²) >= 11 is 0. The van der Waals surface area contributed by atoms with Gasteiger partial charge >= 0.3 is 0 Å². The van der Waals surface area contributed by atoms with Crippen LogP contribution in [-0.4, -0.2) is 34.3 Å². The Kier molecular flexibility index (Phi) is 4.87. The van der Waals surface area contributed by atoms with Gasteiger partial charge in [0.1, 0.15) is 5.82 Å². The van der Waals surface area contributed by atoms with Gasteiger partial charge in [-0.25, -0.2) is 4.98 Å². The Labute approximate surface area is 160 Å². The molecule has 4 rings (SSSR count). The number of hydrogen-bond donors (Lipinski definition) is 1. The van der Waals surface area contributed by atoms with E-state index in [2.05, 4.69) is 53.0 Å². The number of aromatic nitrogens is 3. The highest BCUT2D eigenvalue weighted by molar-refractivity contribution is 5.80. The molecule has 0 bridgehead atoms. The standard InChI is InChI=1S/C22H28N4O/c1-22(2,20-9-4-6-12-24-20)21-25-18-14-16(23-3)10-11-19(18)26(21)15-17-8-5-7-13-27-17/h4,6,9-12,14,17,23H,5,7-8,13,15H2,1-3H3. The van der Waals surface area contributed by atoms with E-state index in [9.17, 15) is 0 Å². The lowest BCUT2D eigenvalue weighted by Crippen LogP contribution is -2.30. The van der Waals surface area contributed by atoms with Gasteiger partial charge < -0.3 is 14.6 Å². The summed E-state index contributed by atoms with van der Waals surface area (Å²) in [7, 11) is 1.94. The lowest BCUT2D eigenvalue weighted by molar-refractivity contribution is 0.00588. The third kappa shape index (κ3) is 3.44. The van der Waals surface area contributed by atoms with Crippen LogP contribution >= 0.6 is 0 Å². The second kappa shape index (κ2) is 7.31. The molecule has 1 N–H and O–H groups in total. The molecule has 0 amide bonds. The highest BCUT2D eigenvalue weighted by Gasteiger charge is 2.32. The third-order valence-corrected chi connectivity index (χ3v) is 5.56. The number of hydrogen-bond acceptors (Lipinski definition) is 4. The molecule has 0 saturated carbocycles. The lowest BCUT2D eigenvalue weighted by atomic mass is 9.87. The fraction of sp³-hybridized carbons (Fsp3) is 0.455. The molecule has 1 atom stereocenters. The Morgan fingerprint density at radius 1 is 1.22 bits per heavy atom. The number of nitrogens with one attached hydrogen (secondary N) is 1. The highest BCUT2D eigenvalue weighted by atomic mass is 16.5. The molecule has 1 saturated heterocycles. The average Bonchev–Trinajstić information content (AvgIpc) is 3.08. The summed E-state index contributed by atoms with van der Waals surface area (Å²) < 4.78 is 8.39. The Balaban J connectivity index is 1.83. The zero-order valence-electron chi connectivity index (χ0n) is 16.4. The maximum atomic E-state index is 6.04. The Morgan fingerprint density at radius 2 is 2.11 bits per heavy atom. The zero-order valence-corrected chi connectivity index (χ0v) is 16.4. The number of imidazole rings is 1. The van der Waals surface area contributed by atoms with Crippen LogP contribution in [0.5, 0.6) is 0 Å². The van der Waals surface area contributed by atoms with Crippen LogP contribution in [0.3, 0.4) is 0 Å². The predicted molar refractivity (Wildman–Crippen MR) is 109 cm³/mol. The summed E-state index contributed by atoms with van der Waals surface area (Å²) in [6, 6.07) is 12.5. The molecular formula is C22H28N4O. The van der Waals surface area contributed by atoms with Crippen LogP contribution in [0, 0.1) is 0 Å². The van der Waals surface area contributed by atoms with Gasteiger partial charge in [-0.05, 0) is 63.4 Å². The molecule has 5 nitrogen and oxygen atoms in total. The minimum Gasteiger partial charge on any atom is -0.388 e. The van der Waals surface area contributed by atoms with E-state index in [0.29, 0.717) is 0 Å². The molecule has 3 aromatic rings. The van der Waals surface area contributed by atoms with Gasteiger partial charge in [0.15, 0.2) is 0 Å². The number of ether oxygens (including phenoxy) is 1. The lowest BCUT2D eigenvalue weighted by Gasteiger charge is -2.28. The third-order valence-electron chi connectivity index (χ3n) is 5.56. The van der Waals surface area contributed by atoms with E-state index in [1.165, 1.54) is 12.8 Å². The molecule has 0 radical (unpaired) electrons. The Morgan fingerprint density at radius 3 is 2.81 bits per heavy atom. The first kappa shape index (κ1) is 18.0. The van der Waals surface area contributed by atoms with E-state index in [1.54, 1.807) is 0 Å². The van der Waals surface area contributed by atoms with Gasteiger partial charge in [0, 0.05) is 25.5 Å². The molecule has 1 aliphatic heterocycles. The normalized spacial score (nSPS) is 18.0. The SMILES string of the molecule is CNc1ccc2c(c1)nc(C(C)(C)c1ccccn1)n2CC1CCCCO1.